The number of nitrogens with two attached hydrogens (primary N) is 1. The number of rotatable bonds is 5. The Bertz CT molecular complexity index is 464. The van der Waals surface area contributed by atoms with Crippen LogP contribution in [0.3, 0.4) is 0 Å². The largest absolute Gasteiger partial charge is 0.468 e. The van der Waals surface area contributed by atoms with Crippen molar-refractivity contribution < 1.29 is 4.42 Å². The van der Waals surface area contributed by atoms with Crippen LogP contribution in [0.2, 0.25) is 0 Å². The average molecular weight is 290 g/mol. The lowest BCUT2D eigenvalue weighted by Crippen LogP contribution is -2.59. The van der Waals surface area contributed by atoms with E-state index in [9.17, 15) is 0 Å². The number of furan rings is 1. The summed E-state index contributed by atoms with van der Waals surface area (Å²) in [6.45, 7) is 8.88. The molecule has 3 rings (SSSR count). The maximum Gasteiger partial charge on any atom is 0.117 e. The summed E-state index contributed by atoms with van der Waals surface area (Å²) in [6, 6.07) is 4.79. The first-order chi connectivity index (χ1) is 9.94. The molecule has 118 valence electrons. The molecule has 0 bridgehead atoms. The molecule has 1 heterocycles. The lowest BCUT2D eigenvalue weighted by Gasteiger charge is -2.53. The highest BCUT2D eigenvalue weighted by Gasteiger charge is 2.49. The van der Waals surface area contributed by atoms with Gasteiger partial charge in [0, 0.05) is 18.1 Å². The van der Waals surface area contributed by atoms with Crippen molar-refractivity contribution in [1.82, 2.24) is 4.90 Å². The molecule has 0 aliphatic heterocycles. The van der Waals surface area contributed by atoms with E-state index >= 15 is 0 Å². The van der Waals surface area contributed by atoms with Gasteiger partial charge in [-0.25, -0.2) is 0 Å². The Kier molecular flexibility index (Phi) is 3.91. The monoisotopic (exact) mass is 290 g/mol. The molecule has 1 aromatic rings. The molecule has 2 aliphatic carbocycles. The van der Waals surface area contributed by atoms with E-state index in [4.69, 9.17) is 10.2 Å². The van der Waals surface area contributed by atoms with Gasteiger partial charge in [0.25, 0.3) is 0 Å². The third-order valence-electron chi connectivity index (χ3n) is 5.32. The number of hydrogen-bond donors (Lipinski definition) is 1. The summed E-state index contributed by atoms with van der Waals surface area (Å²) in [6.07, 6.45) is 8.16. The van der Waals surface area contributed by atoms with Crippen LogP contribution in [0.25, 0.3) is 0 Å². The zero-order valence-corrected chi connectivity index (χ0v) is 13.8. The summed E-state index contributed by atoms with van der Waals surface area (Å²) < 4.78 is 5.62. The first-order valence-corrected chi connectivity index (χ1v) is 8.43. The normalized spacial score (nSPS) is 32.5. The lowest BCUT2D eigenvalue weighted by molar-refractivity contribution is -0.0254. The highest BCUT2D eigenvalue weighted by atomic mass is 16.3. The van der Waals surface area contributed by atoms with Gasteiger partial charge < -0.3 is 10.2 Å². The average Bonchev–Trinajstić information content (AvgIpc) is 3.10. The Hall–Kier alpha value is -0.800. The molecule has 0 amide bonds. The third-order valence-corrected chi connectivity index (χ3v) is 5.32. The van der Waals surface area contributed by atoms with Crippen molar-refractivity contribution in [2.75, 3.05) is 6.54 Å². The van der Waals surface area contributed by atoms with Crippen molar-refractivity contribution in [1.29, 1.82) is 0 Å². The zero-order valence-electron chi connectivity index (χ0n) is 13.8. The topological polar surface area (TPSA) is 42.4 Å². The Morgan fingerprint density at radius 3 is 2.62 bits per heavy atom. The van der Waals surface area contributed by atoms with Crippen molar-refractivity contribution >= 4 is 0 Å². The minimum Gasteiger partial charge on any atom is -0.468 e. The van der Waals surface area contributed by atoms with Crippen molar-refractivity contribution in [3.63, 3.8) is 0 Å². The highest BCUT2D eigenvalue weighted by molar-refractivity contribution is 5.08. The summed E-state index contributed by atoms with van der Waals surface area (Å²) in [5.74, 6) is 1.82. The van der Waals surface area contributed by atoms with Crippen LogP contribution >= 0.6 is 0 Å². The van der Waals surface area contributed by atoms with Crippen LogP contribution in [0, 0.1) is 11.3 Å². The number of hydrogen-bond acceptors (Lipinski definition) is 3. The van der Waals surface area contributed by atoms with Crippen LogP contribution in [0.1, 0.15) is 58.6 Å². The quantitative estimate of drug-likeness (QED) is 0.897. The van der Waals surface area contributed by atoms with E-state index in [2.05, 4.69) is 31.7 Å². The van der Waals surface area contributed by atoms with Gasteiger partial charge in [-0.1, -0.05) is 20.8 Å². The van der Waals surface area contributed by atoms with Crippen LogP contribution in [0.5, 0.6) is 0 Å². The fraction of sp³-hybridized carbons (Fsp3) is 0.778. The Balaban J connectivity index is 1.87. The summed E-state index contributed by atoms with van der Waals surface area (Å²) in [5.41, 5.74) is 6.87. The summed E-state index contributed by atoms with van der Waals surface area (Å²) >= 11 is 0. The van der Waals surface area contributed by atoms with E-state index in [0.29, 0.717) is 11.5 Å². The zero-order chi connectivity index (χ0) is 15.1. The SMILES string of the molecule is CC1CC(C)(C)CC(CN)(N(Cc2ccco2)C2CC2)C1. The maximum absolute atomic E-state index is 6.34. The van der Waals surface area contributed by atoms with Crippen LogP contribution in [-0.2, 0) is 6.54 Å². The minimum absolute atomic E-state index is 0.148. The predicted molar refractivity (Wildman–Crippen MR) is 85.9 cm³/mol. The van der Waals surface area contributed by atoms with E-state index in [1.807, 2.05) is 6.07 Å². The van der Waals surface area contributed by atoms with Crippen molar-refractivity contribution in [2.24, 2.45) is 17.1 Å². The molecule has 0 saturated heterocycles. The molecule has 21 heavy (non-hydrogen) atoms. The summed E-state index contributed by atoms with van der Waals surface area (Å²) in [4.78, 5) is 2.68. The van der Waals surface area contributed by atoms with Crippen molar-refractivity contribution in [3.8, 4) is 0 Å². The van der Waals surface area contributed by atoms with Crippen LogP contribution in [-0.4, -0.2) is 23.0 Å². The van der Waals surface area contributed by atoms with Crippen LogP contribution in [0.4, 0.5) is 0 Å². The van der Waals surface area contributed by atoms with Crippen molar-refractivity contribution in [3.05, 3.63) is 24.2 Å². The fourth-order valence-electron chi connectivity index (χ4n) is 4.83. The van der Waals surface area contributed by atoms with E-state index in [1.165, 1.54) is 32.1 Å². The Labute approximate surface area is 128 Å². The second-order valence-electron chi connectivity index (χ2n) is 8.22. The molecule has 2 atom stereocenters. The standard InChI is InChI=1S/C18H30N2O/c1-14-9-17(2,3)12-18(10-14,13-19)20(15-6-7-15)11-16-5-4-8-21-16/h4-5,8,14-15H,6-7,9-13,19H2,1-3H3. The van der Waals surface area contributed by atoms with Gasteiger partial charge in [0.2, 0.25) is 0 Å². The fourth-order valence-corrected chi connectivity index (χ4v) is 4.83. The minimum atomic E-state index is 0.148. The molecule has 2 fully saturated rings. The molecule has 0 radical (unpaired) electrons. The Morgan fingerprint density at radius 1 is 1.33 bits per heavy atom. The highest BCUT2D eigenvalue weighted by Crippen LogP contribution is 2.49. The molecule has 0 spiro atoms. The smallest absolute Gasteiger partial charge is 0.117 e. The molecule has 2 saturated carbocycles. The first-order valence-electron chi connectivity index (χ1n) is 8.43. The molecular weight excluding hydrogens is 260 g/mol. The van der Waals surface area contributed by atoms with E-state index in [0.717, 1.165) is 24.8 Å². The molecule has 2 aliphatic rings. The van der Waals surface area contributed by atoms with Crippen LogP contribution < -0.4 is 5.73 Å². The second kappa shape index (κ2) is 5.44. The van der Waals surface area contributed by atoms with E-state index < -0.39 is 0 Å². The lowest BCUT2D eigenvalue weighted by atomic mass is 9.63. The Morgan fingerprint density at radius 2 is 2.10 bits per heavy atom. The second-order valence-corrected chi connectivity index (χ2v) is 8.22. The van der Waals surface area contributed by atoms with Gasteiger partial charge in [0.05, 0.1) is 12.8 Å². The van der Waals surface area contributed by atoms with Gasteiger partial charge in [-0.3, -0.25) is 4.90 Å². The van der Waals surface area contributed by atoms with Crippen LogP contribution in [0.15, 0.2) is 22.8 Å². The molecule has 3 heteroatoms. The first kappa shape index (κ1) is 15.1. The van der Waals surface area contributed by atoms with Gasteiger partial charge in [-0.2, -0.15) is 0 Å². The van der Waals surface area contributed by atoms with E-state index in [1.54, 1.807) is 6.26 Å². The van der Waals surface area contributed by atoms with Gasteiger partial charge >= 0.3 is 0 Å². The third kappa shape index (κ3) is 3.19. The molecule has 2 N–H and O–H groups in total. The molecule has 3 nitrogen and oxygen atoms in total. The van der Waals surface area contributed by atoms with Crippen molar-refractivity contribution in [2.45, 2.75) is 71.0 Å². The molecule has 0 aromatic carbocycles. The predicted octanol–water partition coefficient (Wildman–Crippen LogP) is 3.79. The van der Waals surface area contributed by atoms with Gasteiger partial charge in [0.1, 0.15) is 5.76 Å². The summed E-state index contributed by atoms with van der Waals surface area (Å²) in [5, 5.41) is 0. The van der Waals surface area contributed by atoms with Gasteiger partial charge in [0.15, 0.2) is 0 Å². The molecule has 1 aromatic heterocycles. The van der Waals surface area contributed by atoms with Gasteiger partial charge in [-0.15, -0.1) is 0 Å². The summed E-state index contributed by atoms with van der Waals surface area (Å²) in [7, 11) is 0. The maximum atomic E-state index is 6.34. The van der Waals surface area contributed by atoms with Gasteiger partial charge in [-0.05, 0) is 55.6 Å². The van der Waals surface area contributed by atoms with E-state index in [-0.39, 0.29) is 5.54 Å². The molecule has 2 unspecified atom stereocenters. The number of nitrogens with zero attached hydrogens (tertiary/aromatic N) is 1. The molecular formula is C18H30N2O.